The van der Waals surface area contributed by atoms with E-state index in [-0.39, 0.29) is 16.7 Å². The lowest BCUT2D eigenvalue weighted by molar-refractivity contribution is 0.477. The predicted molar refractivity (Wildman–Crippen MR) is 99.6 cm³/mol. The molecule has 0 aliphatic rings. The number of H-pyrrole nitrogens is 1. The maximum atomic E-state index is 12.6. The molecule has 5 nitrogen and oxygen atoms in total. The molecule has 5 heteroatoms. The Kier molecular flexibility index (Phi) is 3.71. The summed E-state index contributed by atoms with van der Waals surface area (Å²) in [5, 5.41) is 19.8. The minimum atomic E-state index is -0.339. The van der Waals surface area contributed by atoms with Crippen molar-refractivity contribution in [3.8, 4) is 34.2 Å². The number of nitrogens with one attached hydrogen (secondary N) is 1. The summed E-state index contributed by atoms with van der Waals surface area (Å²) in [7, 11) is 0. The van der Waals surface area contributed by atoms with Crippen LogP contribution in [0, 0.1) is 11.3 Å². The molecule has 0 saturated carbocycles. The minimum absolute atomic E-state index is 0.0563. The highest BCUT2D eigenvalue weighted by Gasteiger charge is 2.14. The van der Waals surface area contributed by atoms with Gasteiger partial charge in [-0.15, -0.1) is 0 Å². The zero-order chi connectivity index (χ0) is 18.1. The number of hydrogen-bond acceptors (Lipinski definition) is 4. The molecule has 4 aromatic rings. The number of benzene rings is 2. The topological polar surface area (TPSA) is 89.8 Å². The number of para-hydroxylation sites is 1. The fraction of sp³-hybridized carbons (Fsp3) is 0. The van der Waals surface area contributed by atoms with Gasteiger partial charge in [-0.05, 0) is 23.3 Å². The number of nitrogens with zero attached hydrogens (tertiary/aromatic N) is 2. The van der Waals surface area contributed by atoms with Crippen LogP contribution >= 0.6 is 0 Å². The van der Waals surface area contributed by atoms with Gasteiger partial charge >= 0.3 is 0 Å². The van der Waals surface area contributed by atoms with Crippen molar-refractivity contribution in [2.24, 2.45) is 0 Å². The number of phenolic OH excluding ortho intramolecular Hbond substituents is 1. The maximum Gasteiger partial charge on any atom is 0.209 e. The average Bonchev–Trinajstić information content (AvgIpc) is 2.68. The van der Waals surface area contributed by atoms with Gasteiger partial charge in [0.1, 0.15) is 17.4 Å². The van der Waals surface area contributed by atoms with Crippen molar-refractivity contribution in [2.45, 2.75) is 0 Å². The predicted octanol–water partition coefficient (Wildman–Crippen LogP) is 3.83. The van der Waals surface area contributed by atoms with Crippen LogP contribution in [0.2, 0.25) is 0 Å². The molecule has 26 heavy (non-hydrogen) atoms. The SMILES string of the molecule is N#Cc1c(-c2ccc(-c3ccccc3O)cc2)[nH]c2ccncc2c1=O. The number of fused-ring (bicyclic) bond motifs is 1. The van der Waals surface area contributed by atoms with E-state index in [9.17, 15) is 15.2 Å². The number of aromatic hydroxyl groups is 1. The molecule has 0 radical (unpaired) electrons. The zero-order valence-electron chi connectivity index (χ0n) is 13.6. The van der Waals surface area contributed by atoms with Crippen LogP contribution in [0.1, 0.15) is 5.56 Å². The Morgan fingerprint density at radius 1 is 1.00 bits per heavy atom. The van der Waals surface area contributed by atoms with Gasteiger partial charge in [-0.2, -0.15) is 5.26 Å². The summed E-state index contributed by atoms with van der Waals surface area (Å²) >= 11 is 0. The van der Waals surface area contributed by atoms with Crippen molar-refractivity contribution in [3.63, 3.8) is 0 Å². The molecule has 0 spiro atoms. The maximum absolute atomic E-state index is 12.6. The van der Waals surface area contributed by atoms with E-state index in [4.69, 9.17) is 0 Å². The van der Waals surface area contributed by atoms with Gasteiger partial charge in [0.25, 0.3) is 0 Å². The molecule has 0 unspecified atom stereocenters. The highest BCUT2D eigenvalue weighted by atomic mass is 16.3. The molecule has 2 N–H and O–H groups in total. The van der Waals surface area contributed by atoms with Crippen LogP contribution in [-0.2, 0) is 0 Å². The van der Waals surface area contributed by atoms with Crippen molar-refractivity contribution in [1.29, 1.82) is 5.26 Å². The number of pyridine rings is 2. The highest BCUT2D eigenvalue weighted by Crippen LogP contribution is 2.30. The Balaban J connectivity index is 1.87. The smallest absolute Gasteiger partial charge is 0.209 e. The van der Waals surface area contributed by atoms with Gasteiger partial charge < -0.3 is 10.1 Å². The molecule has 0 atom stereocenters. The van der Waals surface area contributed by atoms with Crippen LogP contribution in [0.15, 0.2) is 71.8 Å². The van der Waals surface area contributed by atoms with E-state index in [2.05, 4.69) is 9.97 Å². The molecule has 2 heterocycles. The molecule has 0 saturated heterocycles. The number of hydrogen-bond donors (Lipinski definition) is 2. The fourth-order valence-electron chi connectivity index (χ4n) is 2.99. The fourth-order valence-corrected chi connectivity index (χ4v) is 2.99. The lowest BCUT2D eigenvalue weighted by Crippen LogP contribution is -2.10. The molecule has 4 rings (SSSR count). The van der Waals surface area contributed by atoms with E-state index in [0.29, 0.717) is 16.6 Å². The van der Waals surface area contributed by atoms with E-state index in [0.717, 1.165) is 16.7 Å². The summed E-state index contributed by atoms with van der Waals surface area (Å²) in [5.41, 5.74) is 3.10. The van der Waals surface area contributed by atoms with Crippen LogP contribution < -0.4 is 5.43 Å². The summed E-state index contributed by atoms with van der Waals surface area (Å²) in [4.78, 5) is 19.7. The summed E-state index contributed by atoms with van der Waals surface area (Å²) in [6.45, 7) is 0. The Labute approximate surface area is 148 Å². The first-order valence-electron chi connectivity index (χ1n) is 7.98. The van der Waals surface area contributed by atoms with Gasteiger partial charge in [0, 0.05) is 18.0 Å². The first-order valence-corrected chi connectivity index (χ1v) is 7.98. The van der Waals surface area contributed by atoms with E-state index in [1.807, 2.05) is 42.5 Å². The number of aromatic amines is 1. The summed E-state index contributed by atoms with van der Waals surface area (Å²) in [6, 6.07) is 18.1. The van der Waals surface area contributed by atoms with Gasteiger partial charge in [0.15, 0.2) is 0 Å². The molecular formula is C21H13N3O2. The molecule has 2 aromatic heterocycles. The van der Waals surface area contributed by atoms with E-state index < -0.39 is 0 Å². The third-order valence-corrected chi connectivity index (χ3v) is 4.30. The molecule has 0 bridgehead atoms. The minimum Gasteiger partial charge on any atom is -0.507 e. The van der Waals surface area contributed by atoms with Gasteiger partial charge in [0.05, 0.1) is 16.6 Å². The van der Waals surface area contributed by atoms with E-state index >= 15 is 0 Å². The molecule has 0 amide bonds. The third kappa shape index (κ3) is 2.50. The lowest BCUT2D eigenvalue weighted by atomic mass is 9.99. The van der Waals surface area contributed by atoms with Crippen LogP contribution in [0.4, 0.5) is 0 Å². The van der Waals surface area contributed by atoms with Gasteiger partial charge in [0.2, 0.25) is 5.43 Å². The van der Waals surface area contributed by atoms with Crippen molar-refractivity contribution in [1.82, 2.24) is 9.97 Å². The lowest BCUT2D eigenvalue weighted by Gasteiger charge is -2.09. The van der Waals surface area contributed by atoms with Crippen LogP contribution in [0.3, 0.4) is 0 Å². The number of aromatic nitrogens is 2. The quantitative estimate of drug-likeness (QED) is 0.581. The Hall–Kier alpha value is -3.91. The number of rotatable bonds is 2. The van der Waals surface area contributed by atoms with E-state index in [1.54, 1.807) is 24.4 Å². The van der Waals surface area contributed by atoms with Crippen LogP contribution in [0.5, 0.6) is 5.75 Å². The number of nitriles is 1. The van der Waals surface area contributed by atoms with Crippen molar-refractivity contribution in [3.05, 3.63) is 82.8 Å². The van der Waals surface area contributed by atoms with Crippen molar-refractivity contribution in [2.75, 3.05) is 0 Å². The second-order valence-electron chi connectivity index (χ2n) is 5.83. The first-order chi connectivity index (χ1) is 12.7. The van der Waals surface area contributed by atoms with Gasteiger partial charge in [-0.3, -0.25) is 9.78 Å². The summed E-state index contributed by atoms with van der Waals surface area (Å²) in [5.74, 6) is 0.199. The second kappa shape index (κ2) is 6.19. The van der Waals surface area contributed by atoms with Crippen molar-refractivity contribution >= 4 is 10.9 Å². The second-order valence-corrected chi connectivity index (χ2v) is 5.83. The standard InChI is InChI=1S/C21H13N3O2/c22-11-16-20(24-18-9-10-23-12-17(18)21(16)26)14-7-5-13(6-8-14)15-3-1-2-4-19(15)25/h1-10,12,25H,(H,24,26). The normalized spacial score (nSPS) is 10.6. The first kappa shape index (κ1) is 15.6. The Morgan fingerprint density at radius 2 is 1.73 bits per heavy atom. The van der Waals surface area contributed by atoms with Crippen molar-refractivity contribution < 1.29 is 5.11 Å². The zero-order valence-corrected chi connectivity index (χ0v) is 13.6. The molecule has 0 fully saturated rings. The molecule has 0 aliphatic heterocycles. The van der Waals surface area contributed by atoms with Gasteiger partial charge in [-0.1, -0.05) is 42.5 Å². The number of phenols is 1. The van der Waals surface area contributed by atoms with Crippen LogP contribution in [-0.4, -0.2) is 15.1 Å². The third-order valence-electron chi connectivity index (χ3n) is 4.30. The molecule has 124 valence electrons. The molecule has 0 aliphatic carbocycles. The monoisotopic (exact) mass is 339 g/mol. The largest absolute Gasteiger partial charge is 0.507 e. The Bertz CT molecular complexity index is 1220. The van der Waals surface area contributed by atoms with Crippen LogP contribution in [0.25, 0.3) is 33.3 Å². The summed E-state index contributed by atoms with van der Waals surface area (Å²) < 4.78 is 0. The van der Waals surface area contributed by atoms with Gasteiger partial charge in [-0.25, -0.2) is 0 Å². The average molecular weight is 339 g/mol. The highest BCUT2D eigenvalue weighted by molar-refractivity contribution is 5.84. The Morgan fingerprint density at radius 3 is 2.46 bits per heavy atom. The van der Waals surface area contributed by atoms with E-state index in [1.165, 1.54) is 6.20 Å². The summed E-state index contributed by atoms with van der Waals surface area (Å²) in [6.07, 6.45) is 3.05. The molecular weight excluding hydrogens is 326 g/mol. The molecule has 2 aromatic carbocycles.